The minimum atomic E-state index is -0.280. The molecule has 4 rings (SSSR count). The van der Waals surface area contributed by atoms with Crippen LogP contribution in [0.25, 0.3) is 0 Å². The molecule has 0 radical (unpaired) electrons. The molecule has 6 nitrogen and oxygen atoms in total. The Morgan fingerprint density at radius 1 is 1.18 bits per heavy atom. The van der Waals surface area contributed by atoms with Crippen molar-refractivity contribution in [2.75, 3.05) is 16.8 Å². The maximum Gasteiger partial charge on any atom is 0.265 e. The summed E-state index contributed by atoms with van der Waals surface area (Å²) in [5.74, 6) is 0.140. The number of pyridine rings is 1. The van der Waals surface area contributed by atoms with Gasteiger partial charge >= 0.3 is 0 Å². The molecule has 0 bridgehead atoms. The van der Waals surface area contributed by atoms with Crippen LogP contribution in [0.3, 0.4) is 0 Å². The van der Waals surface area contributed by atoms with Crippen molar-refractivity contribution in [2.45, 2.75) is 6.54 Å². The topological polar surface area (TPSA) is 71.5 Å². The number of carbonyl (C=O) groups is 2. The second kappa shape index (κ2) is 7.70. The predicted octanol–water partition coefficient (Wildman–Crippen LogP) is 3.91. The summed E-state index contributed by atoms with van der Waals surface area (Å²) in [6.07, 6.45) is 3.10. The molecule has 0 saturated heterocycles. The number of hydrogen-bond acceptors (Lipinski definition) is 4. The quantitative estimate of drug-likeness (QED) is 0.729. The lowest BCUT2D eigenvalue weighted by Gasteiger charge is -2.30. The van der Waals surface area contributed by atoms with Gasteiger partial charge in [-0.25, -0.2) is 0 Å². The summed E-state index contributed by atoms with van der Waals surface area (Å²) in [5.41, 5.74) is 2.50. The van der Waals surface area contributed by atoms with E-state index in [2.05, 4.69) is 10.3 Å². The molecular formula is C21H16ClN3O3. The maximum atomic E-state index is 12.5. The number of hydrogen-bond donors (Lipinski definition) is 1. The van der Waals surface area contributed by atoms with Crippen LogP contribution in [0.2, 0.25) is 5.02 Å². The predicted molar refractivity (Wildman–Crippen MR) is 107 cm³/mol. The van der Waals surface area contributed by atoms with E-state index >= 15 is 0 Å². The van der Waals surface area contributed by atoms with Crippen molar-refractivity contribution in [3.63, 3.8) is 0 Å². The second-order valence-electron chi connectivity index (χ2n) is 6.28. The zero-order chi connectivity index (χ0) is 19.5. The number of ether oxygens (including phenoxy) is 1. The first-order chi connectivity index (χ1) is 13.6. The Morgan fingerprint density at radius 2 is 2.07 bits per heavy atom. The summed E-state index contributed by atoms with van der Waals surface area (Å²) in [7, 11) is 0. The van der Waals surface area contributed by atoms with Crippen LogP contribution < -0.4 is 15.0 Å². The second-order valence-corrected chi connectivity index (χ2v) is 6.71. The summed E-state index contributed by atoms with van der Waals surface area (Å²) in [5, 5.41) is 3.43. The molecule has 140 valence electrons. The number of halogens is 1. The molecule has 7 heteroatoms. The van der Waals surface area contributed by atoms with E-state index in [1.165, 1.54) is 6.20 Å². The molecule has 0 spiro atoms. The standard InChI is InChI=1S/C21H16ClN3O3/c22-16-5-1-3-14(9-16)12-25-18-10-17(6-7-19(18)28-13-20(25)26)24-21(27)15-4-2-8-23-11-15/h1-11H,12-13H2,(H,24,27). The largest absolute Gasteiger partial charge is 0.482 e. The molecular weight excluding hydrogens is 378 g/mol. The summed E-state index contributed by atoms with van der Waals surface area (Å²) in [6, 6.07) is 15.9. The highest BCUT2D eigenvalue weighted by Gasteiger charge is 2.26. The molecule has 0 atom stereocenters. The molecule has 2 aromatic carbocycles. The minimum Gasteiger partial charge on any atom is -0.482 e. The van der Waals surface area contributed by atoms with E-state index in [0.29, 0.717) is 34.3 Å². The van der Waals surface area contributed by atoms with Crippen molar-refractivity contribution in [1.82, 2.24) is 4.98 Å². The van der Waals surface area contributed by atoms with Gasteiger partial charge in [0, 0.05) is 23.1 Å². The fraction of sp³-hybridized carbons (Fsp3) is 0.0952. The SMILES string of the molecule is O=C(Nc1ccc2c(c1)N(Cc1cccc(Cl)c1)C(=O)CO2)c1cccnc1. The average Bonchev–Trinajstić information content (AvgIpc) is 2.71. The van der Waals surface area contributed by atoms with Crippen LogP contribution in [0.4, 0.5) is 11.4 Å². The Kier molecular flexibility index (Phi) is 4.95. The molecule has 28 heavy (non-hydrogen) atoms. The summed E-state index contributed by atoms with van der Waals surface area (Å²) in [4.78, 5) is 30.4. The van der Waals surface area contributed by atoms with Gasteiger partial charge in [0.1, 0.15) is 5.75 Å². The van der Waals surface area contributed by atoms with Crippen molar-refractivity contribution < 1.29 is 14.3 Å². The number of anilines is 2. The van der Waals surface area contributed by atoms with Gasteiger partial charge in [-0.05, 0) is 48.0 Å². The van der Waals surface area contributed by atoms with Crippen molar-refractivity contribution in [3.8, 4) is 5.75 Å². The molecule has 0 saturated carbocycles. The fourth-order valence-corrected chi connectivity index (χ4v) is 3.18. The highest BCUT2D eigenvalue weighted by Crippen LogP contribution is 2.35. The van der Waals surface area contributed by atoms with Gasteiger partial charge in [0.15, 0.2) is 6.61 Å². The van der Waals surface area contributed by atoms with Crippen molar-refractivity contribution in [2.24, 2.45) is 0 Å². The molecule has 2 amide bonds. The van der Waals surface area contributed by atoms with E-state index in [-0.39, 0.29) is 18.4 Å². The van der Waals surface area contributed by atoms with E-state index in [4.69, 9.17) is 16.3 Å². The highest BCUT2D eigenvalue weighted by molar-refractivity contribution is 6.30. The summed E-state index contributed by atoms with van der Waals surface area (Å²) in [6.45, 7) is 0.324. The van der Waals surface area contributed by atoms with Gasteiger partial charge in [0.05, 0.1) is 17.8 Å². The summed E-state index contributed by atoms with van der Waals surface area (Å²) >= 11 is 6.06. The number of benzene rings is 2. The molecule has 1 aromatic heterocycles. The highest BCUT2D eigenvalue weighted by atomic mass is 35.5. The van der Waals surface area contributed by atoms with Crippen molar-refractivity contribution >= 4 is 34.8 Å². The van der Waals surface area contributed by atoms with Crippen LogP contribution >= 0.6 is 11.6 Å². The minimum absolute atomic E-state index is 0.0328. The van der Waals surface area contributed by atoms with Gasteiger partial charge in [-0.2, -0.15) is 0 Å². The molecule has 1 N–H and O–H groups in total. The number of rotatable bonds is 4. The van der Waals surface area contributed by atoms with Gasteiger partial charge in [0.25, 0.3) is 11.8 Å². The number of aromatic nitrogens is 1. The third-order valence-electron chi connectivity index (χ3n) is 4.31. The van der Waals surface area contributed by atoms with Crippen LogP contribution in [0, 0.1) is 0 Å². The Hall–Kier alpha value is -3.38. The Balaban J connectivity index is 1.61. The monoisotopic (exact) mass is 393 g/mol. The number of amides is 2. The molecule has 2 heterocycles. The number of nitrogens with zero attached hydrogens (tertiary/aromatic N) is 2. The van der Waals surface area contributed by atoms with Crippen LogP contribution in [0.5, 0.6) is 5.75 Å². The smallest absolute Gasteiger partial charge is 0.265 e. The summed E-state index contributed by atoms with van der Waals surface area (Å²) < 4.78 is 5.53. The zero-order valence-corrected chi connectivity index (χ0v) is 15.5. The van der Waals surface area contributed by atoms with Crippen molar-refractivity contribution in [1.29, 1.82) is 0 Å². The molecule has 3 aromatic rings. The number of fused-ring (bicyclic) bond motifs is 1. The third kappa shape index (κ3) is 3.82. The molecule has 0 unspecified atom stereocenters. The van der Waals surface area contributed by atoms with Gasteiger partial charge in [-0.15, -0.1) is 0 Å². The number of nitrogens with one attached hydrogen (secondary N) is 1. The molecule has 1 aliphatic heterocycles. The first-order valence-electron chi connectivity index (χ1n) is 8.63. The van der Waals surface area contributed by atoms with E-state index < -0.39 is 0 Å². The average molecular weight is 394 g/mol. The molecule has 1 aliphatic rings. The van der Waals surface area contributed by atoms with E-state index in [0.717, 1.165) is 5.56 Å². The molecule has 0 fully saturated rings. The lowest BCUT2D eigenvalue weighted by atomic mass is 10.1. The van der Waals surface area contributed by atoms with E-state index in [9.17, 15) is 9.59 Å². The van der Waals surface area contributed by atoms with Crippen LogP contribution in [-0.4, -0.2) is 23.4 Å². The van der Waals surface area contributed by atoms with E-state index in [1.807, 2.05) is 18.2 Å². The van der Waals surface area contributed by atoms with Gasteiger partial charge in [0.2, 0.25) is 0 Å². The Bertz CT molecular complexity index is 1040. The van der Waals surface area contributed by atoms with Gasteiger partial charge in [-0.3, -0.25) is 14.6 Å². The normalized spacial score (nSPS) is 12.9. The van der Waals surface area contributed by atoms with Crippen LogP contribution in [0.1, 0.15) is 15.9 Å². The van der Waals surface area contributed by atoms with Crippen LogP contribution in [-0.2, 0) is 11.3 Å². The Morgan fingerprint density at radius 3 is 2.86 bits per heavy atom. The lowest BCUT2D eigenvalue weighted by molar-refractivity contribution is -0.121. The van der Waals surface area contributed by atoms with E-state index in [1.54, 1.807) is 47.5 Å². The van der Waals surface area contributed by atoms with Crippen LogP contribution in [0.15, 0.2) is 67.0 Å². The fourth-order valence-electron chi connectivity index (χ4n) is 2.97. The first-order valence-corrected chi connectivity index (χ1v) is 9.01. The first kappa shape index (κ1) is 18.0. The van der Waals surface area contributed by atoms with Crippen molar-refractivity contribution in [3.05, 3.63) is 83.1 Å². The Labute approximate surface area is 166 Å². The van der Waals surface area contributed by atoms with Gasteiger partial charge in [-0.1, -0.05) is 23.7 Å². The lowest BCUT2D eigenvalue weighted by Crippen LogP contribution is -2.38. The zero-order valence-electron chi connectivity index (χ0n) is 14.8. The molecule has 0 aliphatic carbocycles. The van der Waals surface area contributed by atoms with Gasteiger partial charge < -0.3 is 15.0 Å². The number of carbonyl (C=O) groups excluding carboxylic acids is 2. The maximum absolute atomic E-state index is 12.5. The third-order valence-corrected chi connectivity index (χ3v) is 4.55.